The summed E-state index contributed by atoms with van der Waals surface area (Å²) in [6.45, 7) is 2.75. The van der Waals surface area contributed by atoms with E-state index in [1.54, 1.807) is 0 Å². The van der Waals surface area contributed by atoms with Gasteiger partial charge in [-0.05, 0) is 38.0 Å². The highest BCUT2D eigenvalue weighted by molar-refractivity contribution is 6.12. The first-order valence-electron chi connectivity index (χ1n) is 14.8. The highest BCUT2D eigenvalue weighted by atomic mass is 16.2. The molecular weight excluding hydrogens is 436 g/mol. The molecule has 1 aliphatic carbocycles. The second-order valence-corrected chi connectivity index (χ2v) is 11.3. The third-order valence-electron chi connectivity index (χ3n) is 8.44. The molecule has 1 aliphatic heterocycles. The fraction of sp³-hybridized carbons (Fsp3) is 0.833. The number of imide groups is 1. The molecule has 200 valence electrons. The summed E-state index contributed by atoms with van der Waals surface area (Å²) in [5.41, 5.74) is 5.47. The van der Waals surface area contributed by atoms with Gasteiger partial charge in [0.05, 0.1) is 0 Å². The Kier molecular flexibility index (Phi) is 14.3. The van der Waals surface area contributed by atoms with Gasteiger partial charge in [0.15, 0.2) is 0 Å². The van der Waals surface area contributed by atoms with Gasteiger partial charge in [-0.2, -0.15) is 0 Å². The molecule has 0 unspecified atom stereocenters. The molecule has 35 heavy (non-hydrogen) atoms. The number of nitrogens with zero attached hydrogens (tertiary/aromatic N) is 1. The molecule has 1 saturated carbocycles. The molecule has 0 aromatic carbocycles. The van der Waals surface area contributed by atoms with Crippen LogP contribution in [0.1, 0.15) is 142 Å². The summed E-state index contributed by atoms with van der Waals surface area (Å²) in [7, 11) is 0. The van der Waals surface area contributed by atoms with E-state index in [4.69, 9.17) is 5.73 Å². The van der Waals surface area contributed by atoms with Crippen molar-refractivity contribution in [1.29, 1.82) is 0 Å². The minimum atomic E-state index is -0.385. The van der Waals surface area contributed by atoms with Gasteiger partial charge in [-0.1, -0.05) is 110 Å². The first kappa shape index (κ1) is 29.6. The van der Waals surface area contributed by atoms with Crippen LogP contribution >= 0.6 is 0 Å². The zero-order valence-corrected chi connectivity index (χ0v) is 22.5. The lowest BCUT2D eigenvalue weighted by molar-refractivity contribution is -0.139. The van der Waals surface area contributed by atoms with Crippen molar-refractivity contribution in [2.45, 2.75) is 142 Å². The maximum absolute atomic E-state index is 12.3. The van der Waals surface area contributed by atoms with Crippen LogP contribution in [0.4, 0.5) is 0 Å². The van der Waals surface area contributed by atoms with Crippen LogP contribution in [0.5, 0.6) is 0 Å². The quantitative estimate of drug-likeness (QED) is 0.145. The molecule has 0 bridgehead atoms. The van der Waals surface area contributed by atoms with Gasteiger partial charge in [0.25, 0.3) is 11.8 Å². The minimum Gasteiger partial charge on any atom is -0.369 e. The van der Waals surface area contributed by atoms with Crippen molar-refractivity contribution >= 4 is 17.7 Å². The number of unbranched alkanes of at least 4 members (excludes halogenated alkanes) is 15. The largest absolute Gasteiger partial charge is 0.369 e. The molecule has 5 nitrogen and oxygen atoms in total. The number of nitrogens with two attached hydrogens (primary N) is 1. The van der Waals surface area contributed by atoms with Crippen LogP contribution in [-0.2, 0) is 14.4 Å². The third kappa shape index (κ3) is 10.9. The van der Waals surface area contributed by atoms with E-state index >= 15 is 0 Å². The van der Waals surface area contributed by atoms with Crippen LogP contribution in [0.3, 0.4) is 0 Å². The van der Waals surface area contributed by atoms with Crippen LogP contribution in [0.25, 0.3) is 0 Å². The van der Waals surface area contributed by atoms with Gasteiger partial charge in [0.1, 0.15) is 0 Å². The molecule has 0 spiro atoms. The second kappa shape index (κ2) is 16.9. The predicted molar refractivity (Wildman–Crippen MR) is 144 cm³/mol. The van der Waals surface area contributed by atoms with E-state index < -0.39 is 0 Å². The van der Waals surface area contributed by atoms with Crippen LogP contribution in [0.15, 0.2) is 12.2 Å². The third-order valence-corrected chi connectivity index (χ3v) is 8.44. The lowest BCUT2D eigenvalue weighted by Crippen LogP contribution is -2.43. The van der Waals surface area contributed by atoms with Crippen molar-refractivity contribution in [1.82, 2.24) is 4.90 Å². The molecule has 1 heterocycles. The maximum Gasteiger partial charge on any atom is 0.253 e. The number of hydrogen-bond acceptors (Lipinski definition) is 3. The Hall–Kier alpha value is -1.65. The Bertz CT molecular complexity index is 647. The van der Waals surface area contributed by atoms with Gasteiger partial charge in [-0.15, -0.1) is 0 Å². The summed E-state index contributed by atoms with van der Waals surface area (Å²) in [6, 6.07) is 0. The van der Waals surface area contributed by atoms with Crippen molar-refractivity contribution in [3.63, 3.8) is 0 Å². The SMILES string of the molecule is CCCCCCCCCCCCCCCCCCC1(C(N)=O)CCC(CN2C(=O)C=CC2=O)CC1. The van der Waals surface area contributed by atoms with Crippen molar-refractivity contribution in [3.05, 3.63) is 12.2 Å². The van der Waals surface area contributed by atoms with Crippen LogP contribution in [0, 0.1) is 11.3 Å². The van der Waals surface area contributed by atoms with E-state index in [1.165, 1.54) is 113 Å². The molecule has 0 atom stereocenters. The molecule has 5 heteroatoms. The fourth-order valence-corrected chi connectivity index (χ4v) is 5.91. The molecular formula is C30H52N2O3. The van der Waals surface area contributed by atoms with Crippen molar-refractivity contribution in [3.8, 4) is 0 Å². The van der Waals surface area contributed by atoms with Gasteiger partial charge < -0.3 is 5.73 Å². The van der Waals surface area contributed by atoms with E-state index in [9.17, 15) is 14.4 Å². The van der Waals surface area contributed by atoms with E-state index in [0.717, 1.165) is 38.5 Å². The highest BCUT2D eigenvalue weighted by Gasteiger charge is 2.40. The number of primary amides is 1. The predicted octanol–water partition coefficient (Wildman–Crippen LogP) is 7.22. The number of carbonyl (C=O) groups excluding carboxylic acids is 3. The Morgan fingerprint density at radius 1 is 0.771 bits per heavy atom. The van der Waals surface area contributed by atoms with Gasteiger partial charge in [0.2, 0.25) is 5.91 Å². The number of rotatable bonds is 20. The number of carbonyl (C=O) groups is 3. The summed E-state index contributed by atoms with van der Waals surface area (Å²) < 4.78 is 0. The summed E-state index contributed by atoms with van der Waals surface area (Å²) in [5.74, 6) is -0.308. The smallest absolute Gasteiger partial charge is 0.253 e. The lowest BCUT2D eigenvalue weighted by Gasteiger charge is -2.38. The molecule has 2 rings (SSSR count). The summed E-state index contributed by atoms with van der Waals surface area (Å²) in [4.78, 5) is 37.3. The molecule has 0 radical (unpaired) electrons. The molecule has 2 N–H and O–H groups in total. The second-order valence-electron chi connectivity index (χ2n) is 11.3. The Morgan fingerprint density at radius 3 is 1.57 bits per heavy atom. The fourth-order valence-electron chi connectivity index (χ4n) is 5.91. The van der Waals surface area contributed by atoms with E-state index in [0.29, 0.717) is 6.54 Å². The molecule has 1 fully saturated rings. The normalized spacial score (nSPS) is 22.3. The summed E-state index contributed by atoms with van der Waals surface area (Å²) in [6.07, 6.45) is 28.4. The van der Waals surface area contributed by atoms with Crippen molar-refractivity contribution in [2.24, 2.45) is 17.1 Å². The van der Waals surface area contributed by atoms with Crippen molar-refractivity contribution < 1.29 is 14.4 Å². The van der Waals surface area contributed by atoms with Gasteiger partial charge in [0, 0.05) is 24.1 Å². The van der Waals surface area contributed by atoms with Gasteiger partial charge in [-0.3, -0.25) is 19.3 Å². The van der Waals surface area contributed by atoms with Crippen LogP contribution in [0.2, 0.25) is 0 Å². The average molecular weight is 489 g/mol. The van der Waals surface area contributed by atoms with E-state index in [-0.39, 0.29) is 29.1 Å². The molecule has 2 aliphatic rings. The molecule has 3 amide bonds. The standard InChI is InChI=1S/C30H52N2O3/c1-2-3-4-5-6-7-8-9-10-11-12-13-14-15-16-17-22-30(29(31)35)23-20-26(21-24-30)25-32-27(33)18-19-28(32)34/h18-19,26H,2-17,20-25H2,1H3,(H2,31,35). The Balaban J connectivity index is 1.46. The molecule has 0 aromatic rings. The summed E-state index contributed by atoms with van der Waals surface area (Å²) >= 11 is 0. The van der Waals surface area contributed by atoms with E-state index in [1.807, 2.05) is 0 Å². The first-order chi connectivity index (χ1) is 17.0. The van der Waals surface area contributed by atoms with Gasteiger partial charge >= 0.3 is 0 Å². The minimum absolute atomic E-state index is 0.160. The zero-order valence-electron chi connectivity index (χ0n) is 22.5. The maximum atomic E-state index is 12.3. The zero-order chi connectivity index (χ0) is 25.4. The highest BCUT2D eigenvalue weighted by Crippen LogP contribution is 2.43. The first-order valence-corrected chi connectivity index (χ1v) is 14.8. The van der Waals surface area contributed by atoms with E-state index in [2.05, 4.69) is 6.92 Å². The molecule has 0 saturated heterocycles. The van der Waals surface area contributed by atoms with Crippen molar-refractivity contribution in [2.75, 3.05) is 6.54 Å². The Labute approximate surface area is 214 Å². The average Bonchev–Trinajstić information content (AvgIpc) is 3.16. The Morgan fingerprint density at radius 2 is 1.17 bits per heavy atom. The van der Waals surface area contributed by atoms with Crippen LogP contribution < -0.4 is 5.73 Å². The summed E-state index contributed by atoms with van der Waals surface area (Å²) in [5, 5.41) is 0. The van der Waals surface area contributed by atoms with Crippen LogP contribution in [-0.4, -0.2) is 29.2 Å². The molecule has 0 aromatic heterocycles. The number of amides is 3. The monoisotopic (exact) mass is 488 g/mol. The van der Waals surface area contributed by atoms with Gasteiger partial charge in [-0.25, -0.2) is 0 Å². The lowest BCUT2D eigenvalue weighted by atomic mass is 9.67. The number of hydrogen-bond donors (Lipinski definition) is 1. The topological polar surface area (TPSA) is 80.5 Å².